The molecular formula is C14H15N4O-. The van der Waals surface area contributed by atoms with Crippen LogP contribution in [0.25, 0.3) is 11.3 Å². The van der Waals surface area contributed by atoms with Gasteiger partial charge in [-0.15, -0.1) is 0 Å². The van der Waals surface area contributed by atoms with E-state index in [0.29, 0.717) is 5.69 Å². The zero-order chi connectivity index (χ0) is 13.4. The van der Waals surface area contributed by atoms with E-state index < -0.39 is 0 Å². The van der Waals surface area contributed by atoms with Crippen molar-refractivity contribution in [2.24, 2.45) is 0 Å². The highest BCUT2D eigenvalue weighted by atomic mass is 16.5. The lowest BCUT2D eigenvalue weighted by Gasteiger charge is -2.11. The molecule has 1 aromatic carbocycles. The molecule has 0 radical (unpaired) electrons. The Kier molecular flexibility index (Phi) is 2.93. The molecule has 1 aromatic heterocycles. The Morgan fingerprint density at radius 3 is 2.58 bits per heavy atom. The maximum absolute atomic E-state index is 10.6. The summed E-state index contributed by atoms with van der Waals surface area (Å²) in [5.74, 6) is 0.787. The van der Waals surface area contributed by atoms with Crippen molar-refractivity contribution in [2.75, 3.05) is 12.5 Å². The number of hydrogen-bond acceptors (Lipinski definition) is 5. The van der Waals surface area contributed by atoms with Crippen LogP contribution in [-0.4, -0.2) is 21.9 Å². The van der Waals surface area contributed by atoms with Crippen molar-refractivity contribution in [2.45, 2.75) is 20.0 Å². The van der Waals surface area contributed by atoms with Gasteiger partial charge in [-0.1, -0.05) is 12.1 Å². The normalized spacial score (nSPS) is 14.5. The maximum Gasteiger partial charge on any atom is 0.126 e. The lowest BCUT2D eigenvalue weighted by atomic mass is 10.1. The van der Waals surface area contributed by atoms with Crippen molar-refractivity contribution >= 4 is 5.69 Å². The molecule has 0 amide bonds. The number of nitrogens with zero attached hydrogens (tertiary/aromatic N) is 3. The Bertz CT molecular complexity index is 610. The van der Waals surface area contributed by atoms with Crippen molar-refractivity contribution in [1.29, 1.82) is 0 Å². The van der Waals surface area contributed by atoms with Crippen LogP contribution in [0.1, 0.15) is 17.1 Å². The first-order chi connectivity index (χ1) is 9.17. The van der Waals surface area contributed by atoms with Crippen LogP contribution in [0.2, 0.25) is 0 Å². The third-order valence-electron chi connectivity index (χ3n) is 3.33. The van der Waals surface area contributed by atoms with E-state index in [0.717, 1.165) is 35.9 Å². The van der Waals surface area contributed by atoms with Crippen LogP contribution in [0.5, 0.6) is 0 Å². The third kappa shape index (κ3) is 2.18. The standard InChI is InChI=1S/C14H15N4O/c1-9-15-13-8-18(2)7-12(13)14(16-9)10-3-5-11(17-19)6-4-10/h3-6,17H,7-8H2,1-2H3/q-1. The van der Waals surface area contributed by atoms with Gasteiger partial charge < -0.3 is 10.7 Å². The van der Waals surface area contributed by atoms with E-state index >= 15 is 0 Å². The molecule has 0 saturated carbocycles. The van der Waals surface area contributed by atoms with Gasteiger partial charge in [-0.25, -0.2) is 9.97 Å². The lowest BCUT2D eigenvalue weighted by molar-refractivity contribution is 0.351. The second-order valence-corrected chi connectivity index (χ2v) is 4.90. The summed E-state index contributed by atoms with van der Waals surface area (Å²) in [4.78, 5) is 11.3. The number of hydrogen-bond donors (Lipinski definition) is 1. The summed E-state index contributed by atoms with van der Waals surface area (Å²) in [6, 6.07) is 7.37. The van der Waals surface area contributed by atoms with Crippen molar-refractivity contribution in [3.8, 4) is 11.3 Å². The number of benzene rings is 1. The van der Waals surface area contributed by atoms with Crippen LogP contribution in [0.3, 0.4) is 0 Å². The summed E-state index contributed by atoms with van der Waals surface area (Å²) < 4.78 is 0. The lowest BCUT2D eigenvalue weighted by Crippen LogP contribution is -2.07. The van der Waals surface area contributed by atoms with Gasteiger partial charge in [-0.2, -0.15) is 0 Å². The number of aromatic nitrogens is 2. The molecule has 0 unspecified atom stereocenters. The highest BCUT2D eigenvalue weighted by Crippen LogP contribution is 2.30. The molecule has 98 valence electrons. The molecule has 2 aromatic rings. The molecule has 3 rings (SSSR count). The summed E-state index contributed by atoms with van der Waals surface area (Å²) in [6.07, 6.45) is 0. The second-order valence-electron chi connectivity index (χ2n) is 4.90. The maximum atomic E-state index is 10.6. The average molecular weight is 255 g/mol. The monoisotopic (exact) mass is 255 g/mol. The van der Waals surface area contributed by atoms with Crippen molar-refractivity contribution < 1.29 is 0 Å². The fraction of sp³-hybridized carbons (Fsp3) is 0.286. The fourth-order valence-electron chi connectivity index (χ4n) is 2.47. The topological polar surface area (TPSA) is 64.1 Å². The highest BCUT2D eigenvalue weighted by Gasteiger charge is 2.22. The van der Waals surface area contributed by atoms with Gasteiger partial charge in [-0.3, -0.25) is 4.90 Å². The smallest absolute Gasteiger partial charge is 0.126 e. The van der Waals surface area contributed by atoms with Gasteiger partial charge in [0.2, 0.25) is 0 Å². The van der Waals surface area contributed by atoms with Crippen LogP contribution in [-0.2, 0) is 13.1 Å². The zero-order valence-electron chi connectivity index (χ0n) is 11.0. The molecule has 0 aliphatic carbocycles. The molecule has 1 N–H and O–H groups in total. The minimum Gasteiger partial charge on any atom is -0.761 e. The molecule has 0 bridgehead atoms. The number of fused-ring (bicyclic) bond motifs is 1. The molecule has 5 heteroatoms. The SMILES string of the molecule is Cc1nc2c(c(-c3ccc(N[O-])cc3)n1)CN(C)C2. The average Bonchev–Trinajstić information content (AvgIpc) is 2.78. The highest BCUT2D eigenvalue weighted by molar-refractivity contribution is 5.67. The van der Waals surface area contributed by atoms with Crippen LogP contribution >= 0.6 is 0 Å². The van der Waals surface area contributed by atoms with Crippen molar-refractivity contribution in [1.82, 2.24) is 14.9 Å². The molecule has 1 aliphatic rings. The molecule has 19 heavy (non-hydrogen) atoms. The number of anilines is 1. The minimum atomic E-state index is 0.559. The Morgan fingerprint density at radius 1 is 1.16 bits per heavy atom. The Labute approximate surface area is 111 Å². The summed E-state index contributed by atoms with van der Waals surface area (Å²) in [7, 11) is 2.07. The van der Waals surface area contributed by atoms with E-state index in [2.05, 4.69) is 21.9 Å². The van der Waals surface area contributed by atoms with Gasteiger partial charge in [0.25, 0.3) is 0 Å². The number of rotatable bonds is 2. The van der Waals surface area contributed by atoms with Gasteiger partial charge in [0.15, 0.2) is 0 Å². The Morgan fingerprint density at radius 2 is 1.89 bits per heavy atom. The van der Waals surface area contributed by atoms with E-state index in [-0.39, 0.29) is 0 Å². The summed E-state index contributed by atoms with van der Waals surface area (Å²) in [5, 5.41) is 10.6. The largest absolute Gasteiger partial charge is 0.761 e. The van der Waals surface area contributed by atoms with Crippen LogP contribution in [0.15, 0.2) is 24.3 Å². The summed E-state index contributed by atoms with van der Waals surface area (Å²) in [6.45, 7) is 3.65. The van der Waals surface area contributed by atoms with E-state index in [4.69, 9.17) is 0 Å². The van der Waals surface area contributed by atoms with Crippen molar-refractivity contribution in [3.63, 3.8) is 0 Å². The Balaban J connectivity index is 2.09. The molecule has 0 fully saturated rings. The van der Waals surface area contributed by atoms with Crippen LogP contribution in [0, 0.1) is 12.1 Å². The zero-order valence-corrected chi connectivity index (χ0v) is 11.0. The predicted molar refractivity (Wildman–Crippen MR) is 74.4 cm³/mol. The van der Waals surface area contributed by atoms with E-state index in [1.54, 1.807) is 12.1 Å². The molecule has 0 spiro atoms. The first kappa shape index (κ1) is 12.1. The Hall–Kier alpha value is -1.98. The molecule has 2 heterocycles. The van der Waals surface area contributed by atoms with E-state index in [1.165, 1.54) is 5.56 Å². The van der Waals surface area contributed by atoms with Gasteiger partial charge >= 0.3 is 0 Å². The fourth-order valence-corrected chi connectivity index (χ4v) is 2.47. The molecule has 0 saturated heterocycles. The first-order valence-corrected chi connectivity index (χ1v) is 6.21. The third-order valence-corrected chi connectivity index (χ3v) is 3.33. The van der Waals surface area contributed by atoms with Crippen LogP contribution < -0.4 is 5.48 Å². The first-order valence-electron chi connectivity index (χ1n) is 6.21. The molecule has 1 aliphatic heterocycles. The van der Waals surface area contributed by atoms with Gasteiger partial charge in [0.05, 0.1) is 11.4 Å². The molecule has 5 nitrogen and oxygen atoms in total. The van der Waals surface area contributed by atoms with E-state index in [1.807, 2.05) is 24.5 Å². The summed E-state index contributed by atoms with van der Waals surface area (Å²) in [5.41, 5.74) is 6.74. The molecule has 0 atom stereocenters. The predicted octanol–water partition coefficient (Wildman–Crippen LogP) is 2.31. The van der Waals surface area contributed by atoms with Gasteiger partial charge in [0.1, 0.15) is 5.82 Å². The van der Waals surface area contributed by atoms with Crippen molar-refractivity contribution in [3.05, 3.63) is 46.6 Å². The minimum absolute atomic E-state index is 0.559. The van der Waals surface area contributed by atoms with Gasteiger partial charge in [-0.05, 0) is 26.1 Å². The van der Waals surface area contributed by atoms with E-state index in [9.17, 15) is 5.21 Å². The van der Waals surface area contributed by atoms with Gasteiger partial charge in [0, 0.05) is 29.9 Å². The second kappa shape index (κ2) is 4.60. The quantitative estimate of drug-likeness (QED) is 0.834. The molecular weight excluding hydrogens is 240 g/mol. The number of aryl methyl sites for hydroxylation is 1. The number of nitrogens with one attached hydrogen (secondary N) is 1. The summed E-state index contributed by atoms with van der Waals surface area (Å²) >= 11 is 0. The van der Waals surface area contributed by atoms with Crippen LogP contribution in [0.4, 0.5) is 5.69 Å².